The van der Waals surface area contributed by atoms with E-state index in [1.54, 1.807) is 0 Å². The summed E-state index contributed by atoms with van der Waals surface area (Å²) in [5.74, 6) is 1.31. The van der Waals surface area contributed by atoms with E-state index in [4.69, 9.17) is 5.73 Å². The molecule has 3 fully saturated rings. The van der Waals surface area contributed by atoms with Crippen molar-refractivity contribution in [3.05, 3.63) is 0 Å². The Hall–Kier alpha value is -0.0300. The van der Waals surface area contributed by atoms with Gasteiger partial charge in [0.25, 0.3) is 0 Å². The van der Waals surface area contributed by atoms with Gasteiger partial charge in [-0.1, -0.05) is 19.3 Å². The zero-order chi connectivity index (χ0) is 14.7. The maximum absolute atomic E-state index is 12.6. The van der Waals surface area contributed by atoms with Gasteiger partial charge in [0, 0.05) is 39.1 Å². The van der Waals surface area contributed by atoms with Crippen LogP contribution in [0.3, 0.4) is 0 Å². The van der Waals surface area contributed by atoms with Crippen molar-refractivity contribution in [3.63, 3.8) is 0 Å². The molecule has 23 heavy (non-hydrogen) atoms. The molecule has 0 radical (unpaired) electrons. The molecule has 0 unspecified atom stereocenters. The van der Waals surface area contributed by atoms with Crippen LogP contribution in [0, 0.1) is 11.3 Å². The van der Waals surface area contributed by atoms with Crippen molar-refractivity contribution in [2.75, 3.05) is 39.3 Å². The lowest BCUT2D eigenvalue weighted by Crippen LogP contribution is -2.50. The highest BCUT2D eigenvalue weighted by Crippen LogP contribution is 2.39. The summed E-state index contributed by atoms with van der Waals surface area (Å²) in [5, 5.41) is 0. The fourth-order valence-corrected chi connectivity index (χ4v) is 4.03. The average Bonchev–Trinajstić information content (AvgIpc) is 3.33. The van der Waals surface area contributed by atoms with Gasteiger partial charge in [0.15, 0.2) is 0 Å². The van der Waals surface area contributed by atoms with E-state index in [-0.39, 0.29) is 30.2 Å². The zero-order valence-corrected chi connectivity index (χ0v) is 15.8. The van der Waals surface area contributed by atoms with Crippen molar-refractivity contribution in [1.82, 2.24) is 9.80 Å². The Morgan fingerprint density at radius 2 is 1.61 bits per heavy atom. The van der Waals surface area contributed by atoms with Crippen LogP contribution >= 0.6 is 24.8 Å². The van der Waals surface area contributed by atoms with Crippen molar-refractivity contribution in [2.45, 2.75) is 51.4 Å². The minimum Gasteiger partial charge on any atom is -0.340 e. The normalized spacial score (nSPS) is 24.5. The Labute approximate surface area is 153 Å². The number of halogens is 2. The van der Waals surface area contributed by atoms with Crippen LogP contribution in [0.2, 0.25) is 0 Å². The van der Waals surface area contributed by atoms with E-state index in [1.165, 1.54) is 38.6 Å². The number of nitrogens with zero attached hydrogens (tertiary/aromatic N) is 2. The minimum atomic E-state index is 0. The van der Waals surface area contributed by atoms with E-state index in [0.717, 1.165) is 44.9 Å². The summed E-state index contributed by atoms with van der Waals surface area (Å²) in [6, 6.07) is 0. The number of amides is 1. The average molecular weight is 366 g/mol. The van der Waals surface area contributed by atoms with Crippen molar-refractivity contribution in [1.29, 1.82) is 0 Å². The lowest BCUT2D eigenvalue weighted by molar-refractivity contribution is -0.136. The summed E-state index contributed by atoms with van der Waals surface area (Å²) < 4.78 is 0. The Morgan fingerprint density at radius 1 is 1.00 bits per heavy atom. The highest BCUT2D eigenvalue weighted by Gasteiger charge is 2.35. The van der Waals surface area contributed by atoms with Crippen LogP contribution in [0.5, 0.6) is 0 Å². The van der Waals surface area contributed by atoms with Gasteiger partial charge in [0.1, 0.15) is 0 Å². The lowest BCUT2D eigenvalue weighted by Gasteiger charge is -2.39. The molecule has 0 atom stereocenters. The fourth-order valence-electron chi connectivity index (χ4n) is 4.03. The number of hydrogen-bond acceptors (Lipinski definition) is 3. The van der Waals surface area contributed by atoms with Gasteiger partial charge in [-0.3, -0.25) is 9.69 Å². The molecule has 1 saturated heterocycles. The number of hydrogen-bond donors (Lipinski definition) is 1. The van der Waals surface area contributed by atoms with Crippen molar-refractivity contribution >= 4 is 30.7 Å². The molecular weight excluding hydrogens is 333 g/mol. The minimum absolute atomic E-state index is 0. The summed E-state index contributed by atoms with van der Waals surface area (Å²) in [6.07, 6.45) is 9.63. The monoisotopic (exact) mass is 365 g/mol. The number of carbonyl (C=O) groups excluding carboxylic acids is 1. The Bertz CT molecular complexity index is 363. The Kier molecular flexibility index (Phi) is 8.64. The highest BCUT2D eigenvalue weighted by molar-refractivity contribution is 5.85. The summed E-state index contributed by atoms with van der Waals surface area (Å²) in [4.78, 5) is 17.3. The largest absolute Gasteiger partial charge is 0.340 e. The van der Waals surface area contributed by atoms with E-state index >= 15 is 0 Å². The highest BCUT2D eigenvalue weighted by atomic mass is 35.5. The zero-order valence-electron chi connectivity index (χ0n) is 14.2. The van der Waals surface area contributed by atoms with E-state index in [2.05, 4.69) is 9.80 Å². The van der Waals surface area contributed by atoms with Gasteiger partial charge in [0.2, 0.25) is 5.91 Å². The molecule has 6 heteroatoms. The first-order chi connectivity index (χ1) is 10.2. The quantitative estimate of drug-likeness (QED) is 0.814. The molecular formula is C17H33Cl2N3O. The van der Waals surface area contributed by atoms with Gasteiger partial charge in [0.05, 0.1) is 0 Å². The number of rotatable bonds is 5. The first-order valence-corrected chi connectivity index (χ1v) is 8.91. The second-order valence-electron chi connectivity index (χ2n) is 7.57. The second-order valence-corrected chi connectivity index (χ2v) is 7.57. The number of carbonyl (C=O) groups is 1. The standard InChI is InChI=1S/C17H31N3O.2ClH/c18-14-17(6-2-1-3-7-17)12-16(21)20-10-8-19(9-11-20)13-15-4-5-15;;/h15H,1-14,18H2;2*1H. The first-order valence-electron chi connectivity index (χ1n) is 8.91. The van der Waals surface area contributed by atoms with E-state index in [1.807, 2.05) is 0 Å². The lowest BCUT2D eigenvalue weighted by atomic mass is 9.71. The van der Waals surface area contributed by atoms with Crippen LogP contribution in [0.25, 0.3) is 0 Å². The van der Waals surface area contributed by atoms with E-state index in [9.17, 15) is 4.79 Å². The molecule has 2 saturated carbocycles. The van der Waals surface area contributed by atoms with Crippen LogP contribution in [0.1, 0.15) is 51.4 Å². The summed E-state index contributed by atoms with van der Waals surface area (Å²) in [5.41, 5.74) is 6.13. The molecule has 2 N–H and O–H groups in total. The predicted octanol–water partition coefficient (Wildman–Crippen LogP) is 2.68. The van der Waals surface area contributed by atoms with Gasteiger partial charge in [-0.2, -0.15) is 0 Å². The van der Waals surface area contributed by atoms with Crippen molar-refractivity contribution in [2.24, 2.45) is 17.1 Å². The summed E-state index contributed by atoms with van der Waals surface area (Å²) in [6.45, 7) is 5.92. The van der Waals surface area contributed by atoms with Gasteiger partial charge in [-0.25, -0.2) is 0 Å². The van der Waals surface area contributed by atoms with Gasteiger partial charge >= 0.3 is 0 Å². The molecule has 136 valence electrons. The third-order valence-corrected chi connectivity index (χ3v) is 5.81. The van der Waals surface area contributed by atoms with Crippen LogP contribution in [0.4, 0.5) is 0 Å². The van der Waals surface area contributed by atoms with Gasteiger partial charge in [-0.15, -0.1) is 24.8 Å². The predicted molar refractivity (Wildman–Crippen MR) is 99.4 cm³/mol. The number of piperazine rings is 1. The summed E-state index contributed by atoms with van der Waals surface area (Å²) in [7, 11) is 0. The first kappa shape index (κ1) is 21.0. The molecule has 1 heterocycles. The number of nitrogens with two attached hydrogens (primary N) is 1. The fraction of sp³-hybridized carbons (Fsp3) is 0.941. The topological polar surface area (TPSA) is 49.6 Å². The molecule has 3 rings (SSSR count). The van der Waals surface area contributed by atoms with Gasteiger partial charge in [-0.05, 0) is 43.6 Å². The molecule has 0 aromatic rings. The molecule has 2 aliphatic carbocycles. The molecule has 4 nitrogen and oxygen atoms in total. The van der Waals surface area contributed by atoms with Crippen LogP contribution in [0.15, 0.2) is 0 Å². The molecule has 0 bridgehead atoms. The smallest absolute Gasteiger partial charge is 0.223 e. The second kappa shape index (κ2) is 9.45. The molecule has 1 aliphatic heterocycles. The molecule has 0 spiro atoms. The van der Waals surface area contributed by atoms with Crippen molar-refractivity contribution in [3.8, 4) is 0 Å². The Morgan fingerprint density at radius 3 is 2.13 bits per heavy atom. The summed E-state index contributed by atoms with van der Waals surface area (Å²) >= 11 is 0. The van der Waals surface area contributed by atoms with Crippen LogP contribution < -0.4 is 5.73 Å². The SMILES string of the molecule is Cl.Cl.NCC1(CC(=O)N2CCN(CC3CC3)CC2)CCCCC1. The maximum atomic E-state index is 12.6. The molecule has 0 aromatic heterocycles. The van der Waals surface area contributed by atoms with Gasteiger partial charge < -0.3 is 10.6 Å². The maximum Gasteiger partial charge on any atom is 0.223 e. The van der Waals surface area contributed by atoms with Crippen molar-refractivity contribution < 1.29 is 4.79 Å². The molecule has 1 amide bonds. The molecule has 0 aromatic carbocycles. The third-order valence-electron chi connectivity index (χ3n) is 5.81. The van der Waals surface area contributed by atoms with E-state index < -0.39 is 0 Å². The van der Waals surface area contributed by atoms with Crippen LogP contribution in [-0.4, -0.2) is 55.0 Å². The van der Waals surface area contributed by atoms with E-state index in [0.29, 0.717) is 18.9 Å². The molecule has 3 aliphatic rings. The Balaban J connectivity index is 0.00000132. The third kappa shape index (κ3) is 5.77. The van der Waals surface area contributed by atoms with Crippen LogP contribution in [-0.2, 0) is 4.79 Å².